The van der Waals surface area contributed by atoms with Crippen LogP contribution in [0.3, 0.4) is 0 Å². The van der Waals surface area contributed by atoms with Gasteiger partial charge in [0.25, 0.3) is 0 Å². The van der Waals surface area contributed by atoms with Crippen LogP contribution in [0.2, 0.25) is 0 Å². The quantitative estimate of drug-likeness (QED) is 0.667. The van der Waals surface area contributed by atoms with Crippen molar-refractivity contribution in [1.29, 1.82) is 0 Å². The van der Waals surface area contributed by atoms with Crippen LogP contribution in [0.1, 0.15) is 32.4 Å². The van der Waals surface area contributed by atoms with Gasteiger partial charge < -0.3 is 19.9 Å². The summed E-state index contributed by atoms with van der Waals surface area (Å²) in [6, 6.07) is -1.10. The molecule has 0 aliphatic rings. The highest BCUT2D eigenvalue weighted by Crippen LogP contribution is 2.45. The maximum absolute atomic E-state index is 12.6. The molecule has 0 fully saturated rings. The maximum atomic E-state index is 12.6. The minimum atomic E-state index is -5.51. The fourth-order valence-corrected chi connectivity index (χ4v) is 1.89. The van der Waals surface area contributed by atoms with Gasteiger partial charge in [0.15, 0.2) is 11.5 Å². The summed E-state index contributed by atoms with van der Waals surface area (Å²) in [7, 11) is 0. The highest BCUT2D eigenvalue weighted by atomic mass is 19.4. The van der Waals surface area contributed by atoms with Crippen LogP contribution in [0.5, 0.6) is 17.2 Å². The van der Waals surface area contributed by atoms with Crippen molar-refractivity contribution >= 4 is 0 Å². The highest BCUT2D eigenvalue weighted by molar-refractivity contribution is 5.52. The predicted octanol–water partition coefficient (Wildman–Crippen LogP) is 5.43. The summed E-state index contributed by atoms with van der Waals surface area (Å²) in [5.74, 6) is -4.45. The average molecular weight is 415 g/mol. The smallest absolute Gasteiger partial charge is 0.405 e. The van der Waals surface area contributed by atoms with E-state index in [1.54, 1.807) is 0 Å². The van der Waals surface area contributed by atoms with Crippen molar-refractivity contribution < 1.29 is 53.7 Å². The Morgan fingerprint density at radius 1 is 0.667 bits per heavy atom. The second-order valence-electron chi connectivity index (χ2n) is 6.32. The van der Waals surface area contributed by atoms with Gasteiger partial charge in [-0.3, -0.25) is 0 Å². The van der Waals surface area contributed by atoms with E-state index in [0.29, 0.717) is 0 Å². The van der Waals surface area contributed by atoms with Gasteiger partial charge in [-0.25, -0.2) is 0 Å². The van der Waals surface area contributed by atoms with Gasteiger partial charge in [-0.1, -0.05) is 20.8 Å². The summed E-state index contributed by atoms with van der Waals surface area (Å²) >= 11 is 0. The molecule has 156 valence electrons. The zero-order valence-electron chi connectivity index (χ0n) is 13.9. The summed E-state index contributed by atoms with van der Waals surface area (Å²) < 4.78 is 123. The monoisotopic (exact) mass is 415 g/mol. The van der Waals surface area contributed by atoms with Gasteiger partial charge in [0.05, 0.1) is 0 Å². The molecule has 27 heavy (non-hydrogen) atoms. The summed E-state index contributed by atoms with van der Waals surface area (Å²) in [4.78, 5) is 0. The summed E-state index contributed by atoms with van der Waals surface area (Å²) in [6.45, 7) is 4.33. The zero-order valence-corrected chi connectivity index (χ0v) is 13.9. The number of alkyl halides is 9. The van der Waals surface area contributed by atoms with Crippen molar-refractivity contribution in [1.82, 2.24) is 0 Å². The summed E-state index contributed by atoms with van der Waals surface area (Å²) in [5, 5.41) is 0. The Morgan fingerprint density at radius 3 is 1.33 bits per heavy atom. The van der Waals surface area contributed by atoms with Crippen LogP contribution in [0.4, 0.5) is 39.5 Å². The second-order valence-corrected chi connectivity index (χ2v) is 6.32. The standard InChI is InChI=1S/C14H14F9NO3/c1-11(2,3)10(24)6-4-8(26-13(18,19)20)9(27-14(21,22)23)5-7(6)25-12(15,16)17/h4-5,10H,24H2,1-3H3. The number of benzene rings is 1. The van der Waals surface area contributed by atoms with E-state index in [2.05, 4.69) is 14.2 Å². The molecule has 1 unspecified atom stereocenters. The molecular weight excluding hydrogens is 401 g/mol. The lowest BCUT2D eigenvalue weighted by Gasteiger charge is -2.30. The Labute approximate surface area is 147 Å². The van der Waals surface area contributed by atoms with Gasteiger partial charge in [-0.2, -0.15) is 0 Å². The molecule has 0 radical (unpaired) electrons. The molecule has 0 aliphatic heterocycles. The van der Waals surface area contributed by atoms with Crippen LogP contribution >= 0.6 is 0 Å². The van der Waals surface area contributed by atoms with E-state index in [-0.39, 0.29) is 12.1 Å². The van der Waals surface area contributed by atoms with Crippen LogP contribution in [0, 0.1) is 5.41 Å². The largest absolute Gasteiger partial charge is 0.573 e. The number of hydrogen-bond acceptors (Lipinski definition) is 4. The first-order chi connectivity index (χ1) is 11.8. The van der Waals surface area contributed by atoms with E-state index in [4.69, 9.17) is 5.73 Å². The van der Waals surface area contributed by atoms with E-state index < -0.39 is 53.4 Å². The first-order valence-electron chi connectivity index (χ1n) is 6.99. The Hall–Kier alpha value is -2.05. The normalized spacial score (nSPS) is 14.7. The Kier molecular flexibility index (Phi) is 6.10. The van der Waals surface area contributed by atoms with Crippen molar-refractivity contribution in [3.05, 3.63) is 17.7 Å². The number of halogens is 9. The van der Waals surface area contributed by atoms with Gasteiger partial charge in [0, 0.05) is 17.7 Å². The van der Waals surface area contributed by atoms with Crippen LogP contribution in [0.15, 0.2) is 12.1 Å². The van der Waals surface area contributed by atoms with Gasteiger partial charge in [0.1, 0.15) is 5.75 Å². The molecule has 1 rings (SSSR count). The molecule has 4 nitrogen and oxygen atoms in total. The molecule has 0 bridgehead atoms. The van der Waals surface area contributed by atoms with Crippen molar-refractivity contribution in [3.8, 4) is 17.2 Å². The van der Waals surface area contributed by atoms with E-state index in [1.165, 1.54) is 20.8 Å². The molecule has 0 amide bonds. The minimum absolute atomic E-state index is 0.0109. The number of nitrogens with two attached hydrogens (primary N) is 1. The number of rotatable bonds is 4. The average Bonchev–Trinajstić information content (AvgIpc) is 2.34. The van der Waals surface area contributed by atoms with E-state index in [9.17, 15) is 39.5 Å². The molecule has 13 heteroatoms. The molecule has 0 heterocycles. The van der Waals surface area contributed by atoms with Crippen molar-refractivity contribution in [2.45, 2.75) is 45.9 Å². The van der Waals surface area contributed by atoms with E-state index in [0.717, 1.165) is 0 Å². The minimum Gasteiger partial charge on any atom is -0.405 e. The van der Waals surface area contributed by atoms with Crippen molar-refractivity contribution in [3.63, 3.8) is 0 Å². The third-order valence-corrected chi connectivity index (χ3v) is 3.02. The van der Waals surface area contributed by atoms with Gasteiger partial charge in [0.2, 0.25) is 0 Å². The third kappa shape index (κ3) is 7.61. The molecule has 0 saturated heterocycles. The van der Waals surface area contributed by atoms with Gasteiger partial charge >= 0.3 is 19.1 Å². The molecule has 1 aromatic carbocycles. The Morgan fingerprint density at radius 2 is 1.00 bits per heavy atom. The maximum Gasteiger partial charge on any atom is 0.573 e. The fraction of sp³-hybridized carbons (Fsp3) is 0.571. The van der Waals surface area contributed by atoms with Crippen molar-refractivity contribution in [2.24, 2.45) is 11.1 Å². The van der Waals surface area contributed by atoms with Gasteiger partial charge in [-0.15, -0.1) is 39.5 Å². The predicted molar refractivity (Wildman–Crippen MR) is 72.9 cm³/mol. The molecular formula is C14H14F9NO3. The number of hydrogen-bond donors (Lipinski definition) is 1. The first-order valence-corrected chi connectivity index (χ1v) is 6.99. The third-order valence-electron chi connectivity index (χ3n) is 3.02. The van der Waals surface area contributed by atoms with Crippen LogP contribution in [-0.4, -0.2) is 19.1 Å². The lowest BCUT2D eigenvalue weighted by Crippen LogP contribution is -2.29. The fourth-order valence-electron chi connectivity index (χ4n) is 1.89. The summed E-state index contributed by atoms with van der Waals surface area (Å²) in [5.41, 5.74) is 4.10. The van der Waals surface area contributed by atoms with Crippen LogP contribution in [-0.2, 0) is 0 Å². The highest BCUT2D eigenvalue weighted by Gasteiger charge is 2.40. The topological polar surface area (TPSA) is 53.7 Å². The SMILES string of the molecule is CC(C)(C)C(N)c1cc(OC(F)(F)F)c(OC(F)(F)F)cc1OC(F)(F)F. The van der Waals surface area contributed by atoms with Crippen molar-refractivity contribution in [2.75, 3.05) is 0 Å². The summed E-state index contributed by atoms with van der Waals surface area (Å²) in [6.07, 6.45) is -16.3. The van der Waals surface area contributed by atoms with Crippen LogP contribution < -0.4 is 19.9 Å². The first kappa shape index (κ1) is 23.0. The Balaban J connectivity index is 3.65. The van der Waals surface area contributed by atoms with Gasteiger partial charge in [-0.05, 0) is 11.5 Å². The zero-order chi connectivity index (χ0) is 21.4. The number of ether oxygens (including phenoxy) is 3. The molecule has 0 aromatic heterocycles. The second kappa shape index (κ2) is 7.17. The lowest BCUT2D eigenvalue weighted by molar-refractivity contribution is -0.288. The van der Waals surface area contributed by atoms with E-state index in [1.807, 2.05) is 0 Å². The van der Waals surface area contributed by atoms with E-state index >= 15 is 0 Å². The molecule has 1 aromatic rings. The molecule has 0 spiro atoms. The molecule has 0 saturated carbocycles. The molecule has 0 aliphatic carbocycles. The lowest BCUT2D eigenvalue weighted by atomic mass is 9.82. The Bertz CT molecular complexity index is 660. The molecule has 2 N–H and O–H groups in total. The van der Waals surface area contributed by atoms with Crippen LogP contribution in [0.25, 0.3) is 0 Å². The molecule has 1 atom stereocenters.